The monoisotopic (exact) mass is 290 g/mol. The van der Waals surface area contributed by atoms with E-state index < -0.39 is 0 Å². The molecular formula is C14H19BN2O2S. The molecule has 1 aliphatic rings. The molecule has 20 heavy (non-hydrogen) atoms. The Morgan fingerprint density at radius 1 is 1.15 bits per heavy atom. The number of aryl methyl sites for hydroxylation is 1. The summed E-state index contributed by atoms with van der Waals surface area (Å²) in [4.78, 5) is 4.25. The molecule has 1 saturated heterocycles. The summed E-state index contributed by atoms with van der Waals surface area (Å²) < 4.78 is 15.2. The summed E-state index contributed by atoms with van der Waals surface area (Å²) in [5.74, 6) is 0. The van der Waals surface area contributed by atoms with Gasteiger partial charge < -0.3 is 9.31 Å². The molecule has 0 radical (unpaired) electrons. The Morgan fingerprint density at radius 2 is 1.80 bits per heavy atom. The number of nitrogens with zero attached hydrogens (tertiary/aromatic N) is 2. The highest BCUT2D eigenvalue weighted by atomic mass is 32.1. The van der Waals surface area contributed by atoms with Crippen molar-refractivity contribution in [2.45, 2.75) is 45.8 Å². The maximum absolute atomic E-state index is 6.07. The van der Waals surface area contributed by atoms with Crippen molar-refractivity contribution in [1.82, 2.24) is 9.55 Å². The minimum absolute atomic E-state index is 0.289. The van der Waals surface area contributed by atoms with Crippen molar-refractivity contribution in [2.24, 2.45) is 0 Å². The average Bonchev–Trinajstić information content (AvgIpc) is 2.98. The fourth-order valence-corrected chi connectivity index (χ4v) is 3.02. The Labute approximate surface area is 123 Å². The molecule has 0 amide bonds. The summed E-state index contributed by atoms with van der Waals surface area (Å²) in [5.41, 5.74) is 0.413. The van der Waals surface area contributed by atoms with Gasteiger partial charge in [0.2, 0.25) is 0 Å². The average molecular weight is 290 g/mol. The van der Waals surface area contributed by atoms with Crippen LogP contribution in [0.3, 0.4) is 0 Å². The second-order valence-electron chi connectivity index (χ2n) is 6.19. The lowest BCUT2D eigenvalue weighted by molar-refractivity contribution is 0.00578. The third kappa shape index (κ3) is 2.22. The van der Waals surface area contributed by atoms with Gasteiger partial charge in [-0.15, -0.1) is 11.3 Å². The Kier molecular flexibility index (Phi) is 3.08. The fraction of sp³-hybridized carbons (Fsp3) is 0.500. The lowest BCUT2D eigenvalue weighted by Gasteiger charge is -2.32. The zero-order chi connectivity index (χ0) is 14.5. The van der Waals surface area contributed by atoms with Crippen molar-refractivity contribution in [1.29, 1.82) is 0 Å². The van der Waals surface area contributed by atoms with Crippen LogP contribution in [0.15, 0.2) is 24.7 Å². The second kappa shape index (κ2) is 4.45. The van der Waals surface area contributed by atoms with Gasteiger partial charge in [-0.25, -0.2) is 4.98 Å². The molecular weight excluding hydrogens is 271 g/mol. The van der Waals surface area contributed by atoms with E-state index in [-0.39, 0.29) is 18.3 Å². The summed E-state index contributed by atoms with van der Waals surface area (Å²) >= 11 is 1.67. The molecule has 2 aromatic rings. The van der Waals surface area contributed by atoms with E-state index in [9.17, 15) is 0 Å². The van der Waals surface area contributed by atoms with Crippen molar-refractivity contribution >= 4 is 23.2 Å². The molecule has 0 saturated carbocycles. The summed E-state index contributed by atoms with van der Waals surface area (Å²) in [6, 6.07) is 4.14. The molecule has 0 N–H and O–H groups in total. The molecule has 1 aliphatic heterocycles. The first-order valence-corrected chi connectivity index (χ1v) is 7.56. The van der Waals surface area contributed by atoms with Crippen LogP contribution in [-0.2, 0) is 9.31 Å². The minimum atomic E-state index is -0.298. The number of hydrogen-bond donors (Lipinski definition) is 0. The molecule has 3 rings (SSSR count). The highest BCUT2D eigenvalue weighted by molar-refractivity contribution is 7.24. The predicted molar refractivity (Wildman–Crippen MR) is 81.9 cm³/mol. The van der Waals surface area contributed by atoms with Crippen molar-refractivity contribution in [3.8, 4) is 5.00 Å². The van der Waals surface area contributed by atoms with Crippen LogP contribution in [0.25, 0.3) is 5.00 Å². The summed E-state index contributed by atoms with van der Waals surface area (Å²) in [5, 5.41) is 1.12. The Balaban J connectivity index is 1.85. The molecule has 4 nitrogen and oxygen atoms in total. The van der Waals surface area contributed by atoms with Gasteiger partial charge in [-0.2, -0.15) is 0 Å². The molecule has 0 atom stereocenters. The van der Waals surface area contributed by atoms with E-state index in [0.29, 0.717) is 0 Å². The lowest BCUT2D eigenvalue weighted by atomic mass is 9.88. The molecule has 3 heterocycles. The van der Waals surface area contributed by atoms with E-state index in [1.165, 1.54) is 0 Å². The topological polar surface area (TPSA) is 36.3 Å². The summed E-state index contributed by atoms with van der Waals surface area (Å²) in [6.45, 7) is 10.3. The summed E-state index contributed by atoms with van der Waals surface area (Å²) in [7, 11) is -0.289. The SMILES string of the molecule is Cc1cn(-c2ccc(B3OC(C)(C)C(C)(C)O3)s2)cn1. The highest BCUT2D eigenvalue weighted by Gasteiger charge is 2.52. The molecule has 106 valence electrons. The fourth-order valence-electron chi connectivity index (χ4n) is 2.11. The van der Waals surface area contributed by atoms with Gasteiger partial charge in [0.1, 0.15) is 6.33 Å². The van der Waals surface area contributed by atoms with Crippen LogP contribution >= 0.6 is 11.3 Å². The summed E-state index contributed by atoms with van der Waals surface area (Å²) in [6.07, 6.45) is 3.84. The van der Waals surface area contributed by atoms with Gasteiger partial charge in [-0.1, -0.05) is 0 Å². The van der Waals surface area contributed by atoms with E-state index in [2.05, 4.69) is 44.8 Å². The molecule has 6 heteroatoms. The van der Waals surface area contributed by atoms with E-state index >= 15 is 0 Å². The first-order chi connectivity index (χ1) is 9.28. The van der Waals surface area contributed by atoms with Crippen molar-refractivity contribution in [2.75, 3.05) is 0 Å². The molecule has 0 unspecified atom stereocenters. The van der Waals surface area contributed by atoms with Gasteiger partial charge in [-0.05, 0) is 46.8 Å². The number of imidazole rings is 1. The van der Waals surface area contributed by atoms with Gasteiger partial charge in [0.05, 0.1) is 21.9 Å². The van der Waals surface area contributed by atoms with Crippen molar-refractivity contribution < 1.29 is 9.31 Å². The van der Waals surface area contributed by atoms with E-state index in [1.54, 1.807) is 11.3 Å². The van der Waals surface area contributed by atoms with E-state index in [1.807, 2.05) is 24.0 Å². The van der Waals surface area contributed by atoms with Gasteiger partial charge in [-0.3, -0.25) is 4.57 Å². The number of hydrogen-bond acceptors (Lipinski definition) is 4. The molecule has 1 fully saturated rings. The van der Waals surface area contributed by atoms with Crippen molar-refractivity contribution in [3.63, 3.8) is 0 Å². The van der Waals surface area contributed by atoms with Crippen molar-refractivity contribution in [3.05, 3.63) is 30.4 Å². The molecule has 0 bridgehead atoms. The highest BCUT2D eigenvalue weighted by Crippen LogP contribution is 2.37. The maximum atomic E-state index is 6.07. The normalized spacial score (nSPS) is 20.6. The van der Waals surface area contributed by atoms with Gasteiger partial charge in [0.25, 0.3) is 0 Å². The molecule has 0 aromatic carbocycles. The second-order valence-corrected chi connectivity index (χ2v) is 7.28. The zero-order valence-corrected chi connectivity index (χ0v) is 13.3. The van der Waals surface area contributed by atoms with Gasteiger partial charge >= 0.3 is 7.12 Å². The zero-order valence-electron chi connectivity index (χ0n) is 12.5. The Hall–Kier alpha value is -1.11. The van der Waals surface area contributed by atoms with E-state index in [0.717, 1.165) is 15.5 Å². The largest absolute Gasteiger partial charge is 0.505 e. The first kappa shape index (κ1) is 13.9. The maximum Gasteiger partial charge on any atom is 0.505 e. The van der Waals surface area contributed by atoms with Crippen LogP contribution in [0.2, 0.25) is 0 Å². The lowest BCUT2D eigenvalue weighted by Crippen LogP contribution is -2.41. The molecule has 0 spiro atoms. The van der Waals surface area contributed by atoms with Crippen LogP contribution in [-0.4, -0.2) is 27.9 Å². The van der Waals surface area contributed by atoms with Crippen LogP contribution in [0.4, 0.5) is 0 Å². The standard InChI is InChI=1S/C14H19BN2O2S/c1-10-8-17(9-16-10)12-7-6-11(20-12)15-18-13(2,3)14(4,5)19-15/h6-9H,1-5H3. The third-order valence-electron chi connectivity index (χ3n) is 4.06. The number of thiophene rings is 1. The van der Waals surface area contributed by atoms with Gasteiger partial charge in [0.15, 0.2) is 0 Å². The smallest absolute Gasteiger partial charge is 0.399 e. The first-order valence-electron chi connectivity index (χ1n) is 6.75. The number of rotatable bonds is 2. The van der Waals surface area contributed by atoms with Crippen LogP contribution < -0.4 is 4.78 Å². The minimum Gasteiger partial charge on any atom is -0.399 e. The predicted octanol–water partition coefficient (Wildman–Crippen LogP) is 2.54. The molecule has 0 aliphatic carbocycles. The van der Waals surface area contributed by atoms with Crippen LogP contribution in [0.5, 0.6) is 0 Å². The number of aromatic nitrogens is 2. The van der Waals surface area contributed by atoms with Crippen LogP contribution in [0.1, 0.15) is 33.4 Å². The van der Waals surface area contributed by atoms with Crippen LogP contribution in [0, 0.1) is 6.92 Å². The quantitative estimate of drug-likeness (QED) is 0.797. The Bertz CT molecular complexity index is 617. The Morgan fingerprint density at radius 3 is 2.35 bits per heavy atom. The molecule has 2 aromatic heterocycles. The third-order valence-corrected chi connectivity index (χ3v) is 5.18. The van der Waals surface area contributed by atoms with Gasteiger partial charge in [0, 0.05) is 11.0 Å². The van der Waals surface area contributed by atoms with E-state index in [4.69, 9.17) is 9.31 Å².